The molecule has 0 spiro atoms. The lowest BCUT2D eigenvalue weighted by Gasteiger charge is -2.27. The van der Waals surface area contributed by atoms with Crippen molar-refractivity contribution in [3.05, 3.63) is 102 Å². The van der Waals surface area contributed by atoms with Crippen LogP contribution >= 0.6 is 25.3 Å². The van der Waals surface area contributed by atoms with Crippen molar-refractivity contribution in [3.63, 3.8) is 0 Å². The third-order valence-electron chi connectivity index (χ3n) is 10.5. The van der Waals surface area contributed by atoms with Crippen molar-refractivity contribution in [3.8, 4) is 0 Å². The first-order chi connectivity index (χ1) is 31.6. The van der Waals surface area contributed by atoms with Crippen LogP contribution in [0.5, 0.6) is 0 Å². The first-order valence-electron chi connectivity index (χ1n) is 21.0. The first-order valence-corrected chi connectivity index (χ1v) is 22.3. The third kappa shape index (κ3) is 14.5. The number of amides is 7. The number of thiol groups is 2. The molecular formula is C44H55N13O7S2. The zero-order valence-corrected chi connectivity index (χ0v) is 37.9. The summed E-state index contributed by atoms with van der Waals surface area (Å²) < 4.78 is 0. The van der Waals surface area contributed by atoms with Crippen molar-refractivity contribution >= 4 is 94.2 Å². The van der Waals surface area contributed by atoms with Crippen molar-refractivity contribution in [1.29, 1.82) is 0 Å². The van der Waals surface area contributed by atoms with Gasteiger partial charge in [-0.2, -0.15) is 25.3 Å². The van der Waals surface area contributed by atoms with Gasteiger partial charge in [-0.25, -0.2) is 4.98 Å². The number of aromatic amines is 2. The lowest BCUT2D eigenvalue weighted by Crippen LogP contribution is -2.60. The standard InChI is InChI=1S/C44H55N13O7S2/c1-24(58)52-37(22-66)43(64)56-35(18-29-20-48-23-51-29)42(63)54-33(16-25-12-13-26-7-2-3-8-27(26)15-25)40(61)53-32(11-6-14-49-44(46)47)39(60)55-34(41(62)57-36(21-65)38(45)59)17-28-19-50-31-10-5-4-9-30(28)31/h2-5,7-10,12-13,15,19-20,23,32-37,50,65-66H,6,11,14,16-18,21-22H2,1H3,(H2,45,59)(H,48,51)(H,52,58)(H,53,61)(H,54,63)(H,55,60)(H,56,64)(H,57,62)(H4,46,47,49)/t32-,33+,34-,35-,36-,37-/m0/s1. The highest BCUT2D eigenvalue weighted by atomic mass is 32.1. The van der Waals surface area contributed by atoms with Crippen LogP contribution in [0.4, 0.5) is 0 Å². The van der Waals surface area contributed by atoms with E-state index < -0.39 is 77.6 Å². The Bertz CT molecular complexity index is 2530. The number of guanidine groups is 1. The van der Waals surface area contributed by atoms with Crippen LogP contribution in [-0.2, 0) is 52.8 Å². The van der Waals surface area contributed by atoms with Gasteiger partial charge in [0.1, 0.15) is 36.3 Å². The van der Waals surface area contributed by atoms with Crippen molar-refractivity contribution in [2.24, 2.45) is 22.2 Å². The average molecular weight is 942 g/mol. The molecule has 0 aliphatic rings. The fraction of sp³-hybridized carbons (Fsp3) is 0.341. The maximum absolute atomic E-state index is 14.6. The number of nitrogens with one attached hydrogen (secondary N) is 8. The number of primary amides is 1. The number of fused-ring (bicyclic) bond motifs is 2. The molecule has 2 aromatic heterocycles. The van der Waals surface area contributed by atoms with Crippen LogP contribution in [0.3, 0.4) is 0 Å². The monoisotopic (exact) mass is 941 g/mol. The Morgan fingerprint density at radius 3 is 1.85 bits per heavy atom. The van der Waals surface area contributed by atoms with Gasteiger partial charge in [0.05, 0.1) is 6.33 Å². The minimum atomic E-state index is -1.35. The molecule has 0 saturated heterocycles. The van der Waals surface area contributed by atoms with Crippen molar-refractivity contribution < 1.29 is 33.6 Å². The van der Waals surface area contributed by atoms with E-state index in [0.29, 0.717) is 16.8 Å². The van der Waals surface area contributed by atoms with Crippen LogP contribution in [0.1, 0.15) is 36.6 Å². The maximum atomic E-state index is 14.6. The third-order valence-corrected chi connectivity index (χ3v) is 11.3. The molecule has 66 heavy (non-hydrogen) atoms. The van der Waals surface area contributed by atoms with Crippen LogP contribution in [-0.4, -0.2) is 117 Å². The highest BCUT2D eigenvalue weighted by Crippen LogP contribution is 2.20. The quantitative estimate of drug-likeness (QED) is 0.0161. The Hall–Kier alpha value is -7.07. The molecule has 0 radical (unpaired) electrons. The Morgan fingerprint density at radius 1 is 0.652 bits per heavy atom. The number of benzene rings is 3. The summed E-state index contributed by atoms with van der Waals surface area (Å²) in [4.78, 5) is 109. The van der Waals surface area contributed by atoms with E-state index in [0.717, 1.165) is 21.7 Å². The minimum Gasteiger partial charge on any atom is -0.370 e. The molecular weight excluding hydrogens is 887 g/mol. The predicted molar refractivity (Wildman–Crippen MR) is 256 cm³/mol. The van der Waals surface area contributed by atoms with Gasteiger partial charge in [-0.3, -0.25) is 38.6 Å². The molecule has 0 aliphatic heterocycles. The summed E-state index contributed by atoms with van der Waals surface area (Å²) in [6.07, 6.45) is 4.56. The Kier molecular flexibility index (Phi) is 18.4. The topological polar surface area (TPSA) is 327 Å². The van der Waals surface area contributed by atoms with E-state index in [1.807, 2.05) is 60.7 Å². The lowest BCUT2D eigenvalue weighted by atomic mass is 9.99. The van der Waals surface area contributed by atoms with E-state index in [1.54, 1.807) is 12.3 Å². The number of aromatic nitrogens is 3. The molecule has 5 rings (SSSR count). The maximum Gasteiger partial charge on any atom is 0.244 e. The number of nitrogens with zero attached hydrogens (tertiary/aromatic N) is 2. The number of carbonyl (C=O) groups excluding carboxylic acids is 7. The van der Waals surface area contributed by atoms with Gasteiger partial charge in [0.15, 0.2) is 5.96 Å². The minimum absolute atomic E-state index is 0.0280. The number of aliphatic imine (C=N–C) groups is 1. The van der Waals surface area contributed by atoms with Gasteiger partial charge >= 0.3 is 0 Å². The van der Waals surface area contributed by atoms with Crippen LogP contribution in [0.2, 0.25) is 0 Å². The SMILES string of the molecule is CC(=O)N[C@@H](CS)C(=O)N[C@@H](Cc1cnc[nH]1)C(=O)N[C@H](Cc1ccc2ccccc2c1)C(=O)N[C@@H](CCCN=C(N)N)C(=O)N[C@@H](Cc1c[nH]c2ccccc12)C(=O)N[C@@H](CS)C(N)=O. The zero-order valence-electron chi connectivity index (χ0n) is 36.1. The number of rotatable bonds is 24. The molecule has 0 saturated carbocycles. The zero-order chi connectivity index (χ0) is 47.8. The molecule has 14 N–H and O–H groups in total. The van der Waals surface area contributed by atoms with Gasteiger partial charge in [-0.1, -0.05) is 60.7 Å². The van der Waals surface area contributed by atoms with Gasteiger partial charge in [0.2, 0.25) is 41.4 Å². The smallest absolute Gasteiger partial charge is 0.244 e. The number of para-hydroxylation sites is 1. The summed E-state index contributed by atoms with van der Waals surface area (Å²) in [5, 5.41) is 18.7. The Balaban J connectivity index is 1.47. The molecule has 0 fully saturated rings. The summed E-state index contributed by atoms with van der Waals surface area (Å²) in [5.41, 5.74) is 19.2. The number of hydrogen-bond donors (Lipinski definition) is 13. The first kappa shape index (κ1) is 49.9. The van der Waals surface area contributed by atoms with Crippen LogP contribution in [0.15, 0.2) is 90.4 Å². The average Bonchev–Trinajstić information content (AvgIpc) is 3.97. The lowest BCUT2D eigenvalue weighted by molar-refractivity contribution is -0.135. The van der Waals surface area contributed by atoms with Crippen molar-refractivity contribution in [2.45, 2.75) is 75.3 Å². The number of hydrogen-bond acceptors (Lipinski definition) is 11. The van der Waals surface area contributed by atoms with Crippen molar-refractivity contribution in [2.75, 3.05) is 18.1 Å². The summed E-state index contributed by atoms with van der Waals surface area (Å²) in [7, 11) is 0. The summed E-state index contributed by atoms with van der Waals surface area (Å²) in [6.45, 7) is 1.33. The molecule has 20 nitrogen and oxygen atoms in total. The summed E-state index contributed by atoms with van der Waals surface area (Å²) >= 11 is 8.35. The normalized spacial score (nSPS) is 13.8. The molecule has 3 aromatic carbocycles. The van der Waals surface area contributed by atoms with Gasteiger partial charge in [-0.05, 0) is 40.8 Å². The second-order valence-corrected chi connectivity index (χ2v) is 16.2. The number of nitrogens with two attached hydrogens (primary N) is 3. The number of H-pyrrole nitrogens is 2. The van der Waals surface area contributed by atoms with Crippen molar-refractivity contribution in [1.82, 2.24) is 46.9 Å². The second kappa shape index (κ2) is 24.3. The molecule has 7 amide bonds. The summed E-state index contributed by atoms with van der Waals surface area (Å²) in [6, 6.07) is 13.0. The molecule has 0 aliphatic carbocycles. The number of imidazole rings is 1. The highest BCUT2D eigenvalue weighted by molar-refractivity contribution is 7.80. The fourth-order valence-electron chi connectivity index (χ4n) is 7.15. The van der Waals surface area contributed by atoms with Crippen LogP contribution in [0, 0.1) is 0 Å². The van der Waals surface area contributed by atoms with E-state index in [-0.39, 0.29) is 56.1 Å². The van der Waals surface area contributed by atoms with Gasteiger partial charge < -0.3 is 59.1 Å². The molecule has 0 unspecified atom stereocenters. The van der Waals surface area contributed by atoms with Gasteiger partial charge in [-0.15, -0.1) is 0 Å². The fourth-order valence-corrected chi connectivity index (χ4v) is 7.67. The molecule has 6 atom stereocenters. The molecule has 22 heteroatoms. The molecule has 0 bridgehead atoms. The number of carbonyl (C=O) groups is 7. The highest BCUT2D eigenvalue weighted by Gasteiger charge is 2.34. The van der Waals surface area contributed by atoms with E-state index in [2.05, 4.69) is 77.1 Å². The van der Waals surface area contributed by atoms with E-state index in [4.69, 9.17) is 17.2 Å². The van der Waals surface area contributed by atoms with Gasteiger partial charge in [0, 0.05) is 73.2 Å². The predicted octanol–water partition coefficient (Wildman–Crippen LogP) is -0.601. The Labute approximate surface area is 391 Å². The Morgan fingerprint density at radius 2 is 1.23 bits per heavy atom. The summed E-state index contributed by atoms with van der Waals surface area (Å²) in [5.74, 6) is -5.44. The van der Waals surface area contributed by atoms with Crippen LogP contribution in [0.25, 0.3) is 21.7 Å². The largest absolute Gasteiger partial charge is 0.370 e. The van der Waals surface area contributed by atoms with E-state index in [1.165, 1.54) is 19.4 Å². The van der Waals surface area contributed by atoms with E-state index >= 15 is 0 Å². The van der Waals surface area contributed by atoms with Gasteiger partial charge in [0.25, 0.3) is 0 Å². The molecule has 350 valence electrons. The van der Waals surface area contributed by atoms with E-state index in [9.17, 15) is 33.6 Å². The molecule has 5 aromatic rings. The van der Waals surface area contributed by atoms with Crippen LogP contribution < -0.4 is 49.1 Å². The second-order valence-electron chi connectivity index (χ2n) is 15.5. The molecule has 2 heterocycles.